The van der Waals surface area contributed by atoms with E-state index in [4.69, 9.17) is 10.6 Å². The average molecular weight is 159 g/mol. The molecule has 1 amide bonds. The summed E-state index contributed by atoms with van der Waals surface area (Å²) in [6.07, 6.45) is -0.428. The summed E-state index contributed by atoms with van der Waals surface area (Å²) in [6.45, 7) is 2.06. The van der Waals surface area contributed by atoms with Gasteiger partial charge in [-0.1, -0.05) is 6.92 Å². The molecule has 6 nitrogen and oxygen atoms in total. The van der Waals surface area contributed by atoms with Crippen LogP contribution in [0.4, 0.5) is 4.79 Å². The molecule has 1 atom stereocenters. The highest BCUT2D eigenvalue weighted by molar-refractivity contribution is 5.64. The van der Waals surface area contributed by atoms with E-state index in [9.17, 15) is 4.79 Å². The molecule has 1 unspecified atom stereocenters. The zero-order chi connectivity index (χ0) is 8.69. The molecule has 11 heavy (non-hydrogen) atoms. The zero-order valence-corrected chi connectivity index (χ0v) is 6.24. The van der Waals surface area contributed by atoms with E-state index in [1.807, 2.05) is 6.92 Å². The molecule has 0 radical (unpaired) electrons. The van der Waals surface area contributed by atoms with Gasteiger partial charge < -0.3 is 10.4 Å². The monoisotopic (exact) mass is 159 g/mol. The molecular weight excluding hydrogens is 148 g/mol. The second-order valence-corrected chi connectivity index (χ2v) is 1.98. The van der Waals surface area contributed by atoms with Crippen molar-refractivity contribution < 1.29 is 9.90 Å². The van der Waals surface area contributed by atoms with Gasteiger partial charge in [-0.25, -0.2) is 4.79 Å². The summed E-state index contributed by atoms with van der Waals surface area (Å²) in [4.78, 5) is 12.9. The Morgan fingerprint density at radius 3 is 2.91 bits per heavy atom. The third-order valence-electron chi connectivity index (χ3n) is 1.19. The molecular formula is C5H11N4O2+. The highest BCUT2D eigenvalue weighted by Crippen LogP contribution is 1.90. The Bertz CT molecular complexity index is 171. The molecule has 0 aliphatic rings. The molecule has 0 aromatic heterocycles. The molecule has 0 fully saturated rings. The number of rotatable bonds is 4. The van der Waals surface area contributed by atoms with E-state index < -0.39 is 6.09 Å². The predicted molar refractivity (Wildman–Crippen MR) is 37.4 cm³/mol. The van der Waals surface area contributed by atoms with Crippen LogP contribution in [0, 0.1) is 5.53 Å². The van der Waals surface area contributed by atoms with E-state index in [1.165, 1.54) is 0 Å². The lowest BCUT2D eigenvalue weighted by molar-refractivity contribution is 0.189. The summed E-state index contributed by atoms with van der Waals surface area (Å²) < 4.78 is 0. The Kier molecular flexibility index (Phi) is 4.68. The predicted octanol–water partition coefficient (Wildman–Crippen LogP) is 0.583. The van der Waals surface area contributed by atoms with Crippen molar-refractivity contribution in [3.8, 4) is 0 Å². The second kappa shape index (κ2) is 5.37. The normalized spacial score (nSPS) is 11.4. The first kappa shape index (κ1) is 9.58. The summed E-state index contributed by atoms with van der Waals surface area (Å²) in [5, 5.41) is 13.9. The van der Waals surface area contributed by atoms with Gasteiger partial charge in [0, 0.05) is 0 Å². The van der Waals surface area contributed by atoms with E-state index in [1.54, 1.807) is 0 Å². The lowest BCUT2D eigenvalue weighted by Crippen LogP contribution is -2.35. The summed E-state index contributed by atoms with van der Waals surface area (Å²) in [6, 6.07) is -0.235. The molecule has 0 saturated heterocycles. The van der Waals surface area contributed by atoms with Crippen LogP contribution in [-0.4, -0.2) is 23.8 Å². The van der Waals surface area contributed by atoms with Gasteiger partial charge in [-0.3, -0.25) is 0 Å². The van der Waals surface area contributed by atoms with Crippen molar-refractivity contribution in [2.75, 3.05) is 6.54 Å². The summed E-state index contributed by atoms with van der Waals surface area (Å²) >= 11 is 0. The van der Waals surface area contributed by atoms with Crippen LogP contribution in [0.15, 0.2) is 5.11 Å². The number of nitrogens with zero attached hydrogens (tertiary/aromatic N) is 2. The van der Waals surface area contributed by atoms with Gasteiger partial charge in [0.2, 0.25) is 4.91 Å². The molecule has 0 spiro atoms. The SMILES string of the molecule is CCC(CN=[N+]=N)NC(=O)O. The average Bonchev–Trinajstić information content (AvgIpc) is 1.97. The molecule has 0 bridgehead atoms. The van der Waals surface area contributed by atoms with Crippen LogP contribution in [0.3, 0.4) is 0 Å². The van der Waals surface area contributed by atoms with E-state index in [0.717, 1.165) is 0 Å². The van der Waals surface area contributed by atoms with Crippen LogP contribution in [0.1, 0.15) is 13.3 Å². The van der Waals surface area contributed by atoms with Crippen molar-refractivity contribution in [3.63, 3.8) is 0 Å². The molecule has 0 aliphatic carbocycles. The molecule has 0 aromatic rings. The van der Waals surface area contributed by atoms with Crippen LogP contribution in [0.5, 0.6) is 0 Å². The molecule has 0 rings (SSSR count). The quantitative estimate of drug-likeness (QED) is 0.413. The summed E-state index contributed by atoms with van der Waals surface area (Å²) in [5.74, 6) is 0. The lowest BCUT2D eigenvalue weighted by Gasteiger charge is -2.07. The van der Waals surface area contributed by atoms with Crippen molar-refractivity contribution in [2.24, 2.45) is 5.11 Å². The first-order valence-corrected chi connectivity index (χ1v) is 3.23. The van der Waals surface area contributed by atoms with Crippen molar-refractivity contribution in [3.05, 3.63) is 0 Å². The smallest absolute Gasteiger partial charge is 0.404 e. The van der Waals surface area contributed by atoms with Crippen molar-refractivity contribution in [2.45, 2.75) is 19.4 Å². The fourth-order valence-electron chi connectivity index (χ4n) is 0.591. The van der Waals surface area contributed by atoms with Crippen molar-refractivity contribution in [1.29, 1.82) is 5.53 Å². The molecule has 3 N–H and O–H groups in total. The van der Waals surface area contributed by atoms with Gasteiger partial charge in [-0.2, -0.15) is 0 Å². The standard InChI is InChI=1S/C5H10N4O2/c1-2-4(3-7-9-6)8-5(10)11/h4,6,8H,2-3H2,1H3/p+1. The Morgan fingerprint density at radius 1 is 1.91 bits per heavy atom. The Labute approximate surface area is 63.8 Å². The van der Waals surface area contributed by atoms with Gasteiger partial charge >= 0.3 is 6.09 Å². The van der Waals surface area contributed by atoms with Gasteiger partial charge in [0.1, 0.15) is 17.2 Å². The molecule has 6 heteroatoms. The molecule has 0 aromatic carbocycles. The number of nitrogens with one attached hydrogen (secondary N) is 2. The number of hydrogen-bond donors (Lipinski definition) is 3. The van der Waals surface area contributed by atoms with Crippen molar-refractivity contribution >= 4 is 6.09 Å². The summed E-state index contributed by atoms with van der Waals surface area (Å²) in [5.41, 5.74) is 6.34. The third kappa shape index (κ3) is 5.05. The number of carboxylic acid groups (broad SMARTS) is 1. The van der Waals surface area contributed by atoms with Gasteiger partial charge in [-0.05, 0) is 6.42 Å². The lowest BCUT2D eigenvalue weighted by atomic mass is 10.2. The Morgan fingerprint density at radius 2 is 2.55 bits per heavy atom. The molecule has 62 valence electrons. The Hall–Kier alpha value is -1.42. The van der Waals surface area contributed by atoms with Crippen LogP contribution in [0.2, 0.25) is 0 Å². The highest BCUT2D eigenvalue weighted by Gasteiger charge is 2.09. The van der Waals surface area contributed by atoms with Gasteiger partial charge in [0.05, 0.1) is 6.04 Å². The molecule has 0 heterocycles. The minimum absolute atomic E-state index is 0.228. The van der Waals surface area contributed by atoms with E-state index >= 15 is 0 Å². The minimum atomic E-state index is -1.07. The topological polar surface area (TPSA) is 99.6 Å². The van der Waals surface area contributed by atoms with Crippen LogP contribution in [0.25, 0.3) is 0 Å². The molecule has 0 aliphatic heterocycles. The maximum atomic E-state index is 10.1. The second-order valence-electron chi connectivity index (χ2n) is 1.98. The number of hydrogen-bond acceptors (Lipinski definition) is 3. The maximum Gasteiger partial charge on any atom is 0.404 e. The number of amides is 1. The van der Waals surface area contributed by atoms with Crippen LogP contribution < -0.4 is 10.2 Å². The van der Waals surface area contributed by atoms with E-state index in [2.05, 4.69) is 15.3 Å². The third-order valence-corrected chi connectivity index (χ3v) is 1.19. The fourth-order valence-corrected chi connectivity index (χ4v) is 0.591. The van der Waals surface area contributed by atoms with E-state index in [0.29, 0.717) is 6.42 Å². The minimum Gasteiger partial charge on any atom is -0.465 e. The van der Waals surface area contributed by atoms with Crippen LogP contribution in [-0.2, 0) is 0 Å². The first-order chi connectivity index (χ1) is 5.20. The highest BCUT2D eigenvalue weighted by atomic mass is 16.4. The van der Waals surface area contributed by atoms with E-state index in [-0.39, 0.29) is 12.6 Å². The largest absolute Gasteiger partial charge is 0.465 e. The molecule has 0 saturated carbocycles. The van der Waals surface area contributed by atoms with Crippen molar-refractivity contribution in [1.82, 2.24) is 10.2 Å². The first-order valence-electron chi connectivity index (χ1n) is 3.23. The van der Waals surface area contributed by atoms with Gasteiger partial charge in [-0.15, -0.1) is 0 Å². The van der Waals surface area contributed by atoms with Gasteiger partial charge in [0.15, 0.2) is 0 Å². The maximum absolute atomic E-state index is 10.1. The van der Waals surface area contributed by atoms with Crippen LogP contribution >= 0.6 is 0 Å². The van der Waals surface area contributed by atoms with Gasteiger partial charge in [0.25, 0.3) is 0 Å². The zero-order valence-electron chi connectivity index (χ0n) is 6.24. The Balaban J connectivity index is 3.75. The summed E-state index contributed by atoms with van der Waals surface area (Å²) in [7, 11) is 0. The fraction of sp³-hybridized carbons (Fsp3) is 0.800. The number of carbonyl (C=O) groups is 1.